The summed E-state index contributed by atoms with van der Waals surface area (Å²) in [6.45, 7) is 4.44. The van der Waals surface area contributed by atoms with E-state index >= 15 is 0 Å². The molecule has 6 heteroatoms. The molecule has 2 aliphatic rings. The number of likely N-dealkylation sites (tertiary alicyclic amines) is 1. The molecule has 104 valence electrons. The number of hydrogen-bond acceptors (Lipinski definition) is 3. The van der Waals surface area contributed by atoms with Crippen LogP contribution in [0.2, 0.25) is 0 Å². The second kappa shape index (κ2) is 5.61. The van der Waals surface area contributed by atoms with Crippen LogP contribution in [0, 0.1) is 0 Å². The Morgan fingerprint density at radius 2 is 1.79 bits per heavy atom. The van der Waals surface area contributed by atoms with Crippen LogP contribution in [-0.4, -0.2) is 64.8 Å². The fraction of sp³-hybridized carbons (Fsp3) is 0.692. The van der Waals surface area contributed by atoms with Gasteiger partial charge >= 0.3 is 6.03 Å². The van der Waals surface area contributed by atoms with Gasteiger partial charge in [0, 0.05) is 44.6 Å². The first-order chi connectivity index (χ1) is 9.34. The highest BCUT2D eigenvalue weighted by molar-refractivity contribution is 5.74. The molecule has 0 unspecified atom stereocenters. The number of hydrogen-bond donors (Lipinski definition) is 0. The van der Waals surface area contributed by atoms with Crippen LogP contribution >= 0.6 is 0 Å². The van der Waals surface area contributed by atoms with E-state index in [1.807, 2.05) is 28.5 Å². The van der Waals surface area contributed by atoms with E-state index in [0.29, 0.717) is 19.3 Å². The van der Waals surface area contributed by atoms with Crippen molar-refractivity contribution in [2.45, 2.75) is 18.9 Å². The van der Waals surface area contributed by atoms with E-state index in [9.17, 15) is 4.79 Å². The molecule has 1 aromatic heterocycles. The smallest absolute Gasteiger partial charge is 0.320 e. The molecule has 2 saturated heterocycles. The van der Waals surface area contributed by atoms with Gasteiger partial charge in [-0.3, -0.25) is 0 Å². The van der Waals surface area contributed by atoms with Crippen LogP contribution in [0.4, 0.5) is 4.79 Å². The number of imidazole rings is 1. The summed E-state index contributed by atoms with van der Waals surface area (Å²) < 4.78 is 7.43. The Morgan fingerprint density at radius 1 is 1.11 bits per heavy atom. The van der Waals surface area contributed by atoms with E-state index in [0.717, 1.165) is 39.0 Å². The van der Waals surface area contributed by atoms with Gasteiger partial charge in [0.25, 0.3) is 0 Å². The zero-order valence-electron chi connectivity index (χ0n) is 11.1. The molecule has 0 N–H and O–H groups in total. The Hall–Kier alpha value is -1.56. The second-order valence-electron chi connectivity index (χ2n) is 5.11. The van der Waals surface area contributed by atoms with Gasteiger partial charge in [0.1, 0.15) is 0 Å². The molecule has 0 radical (unpaired) electrons. The van der Waals surface area contributed by atoms with Crippen molar-refractivity contribution >= 4 is 6.03 Å². The summed E-state index contributed by atoms with van der Waals surface area (Å²) in [5.74, 6) is 0. The predicted molar refractivity (Wildman–Crippen MR) is 69.9 cm³/mol. The van der Waals surface area contributed by atoms with E-state index < -0.39 is 0 Å². The number of carbonyl (C=O) groups is 1. The van der Waals surface area contributed by atoms with E-state index in [-0.39, 0.29) is 6.03 Å². The van der Waals surface area contributed by atoms with Gasteiger partial charge in [-0.2, -0.15) is 0 Å². The minimum absolute atomic E-state index is 0.174. The summed E-state index contributed by atoms with van der Waals surface area (Å²) >= 11 is 0. The Kier molecular flexibility index (Phi) is 3.68. The number of amides is 2. The van der Waals surface area contributed by atoms with Gasteiger partial charge in [0.05, 0.1) is 19.5 Å². The summed E-state index contributed by atoms with van der Waals surface area (Å²) in [6, 6.07) is 0.656. The molecular formula is C13H20N4O2. The molecule has 3 rings (SSSR count). The van der Waals surface area contributed by atoms with Gasteiger partial charge in [0.2, 0.25) is 0 Å². The average molecular weight is 264 g/mol. The average Bonchev–Trinajstić information content (AvgIpc) is 3.02. The second-order valence-corrected chi connectivity index (χ2v) is 5.11. The van der Waals surface area contributed by atoms with Crippen molar-refractivity contribution in [3.63, 3.8) is 0 Å². The molecule has 2 aliphatic heterocycles. The molecule has 0 aromatic carbocycles. The predicted octanol–water partition coefficient (Wildman–Crippen LogP) is 0.972. The summed E-state index contributed by atoms with van der Waals surface area (Å²) in [5, 5.41) is 0. The van der Waals surface area contributed by atoms with Gasteiger partial charge in [-0.05, 0) is 12.8 Å². The maximum Gasteiger partial charge on any atom is 0.320 e. The van der Waals surface area contributed by atoms with Gasteiger partial charge in [-0.1, -0.05) is 0 Å². The molecule has 0 aliphatic carbocycles. The fourth-order valence-corrected chi connectivity index (χ4v) is 2.80. The van der Waals surface area contributed by atoms with Crippen molar-refractivity contribution in [3.05, 3.63) is 18.7 Å². The minimum Gasteiger partial charge on any atom is -0.378 e. The zero-order chi connectivity index (χ0) is 13.1. The molecule has 3 heterocycles. The number of nitrogens with zero attached hydrogens (tertiary/aromatic N) is 4. The van der Waals surface area contributed by atoms with Gasteiger partial charge < -0.3 is 19.1 Å². The number of carbonyl (C=O) groups excluding carboxylic acids is 1. The van der Waals surface area contributed by atoms with Crippen molar-refractivity contribution in [2.75, 3.05) is 39.4 Å². The lowest BCUT2D eigenvalue weighted by atomic mass is 10.1. The number of morpholine rings is 1. The topological polar surface area (TPSA) is 50.6 Å². The molecule has 0 atom stereocenters. The molecule has 6 nitrogen and oxygen atoms in total. The van der Waals surface area contributed by atoms with Crippen molar-refractivity contribution in [2.24, 2.45) is 0 Å². The molecular weight excluding hydrogens is 244 g/mol. The molecule has 2 amide bonds. The number of piperidine rings is 1. The lowest BCUT2D eigenvalue weighted by Gasteiger charge is -2.37. The lowest BCUT2D eigenvalue weighted by Crippen LogP contribution is -2.50. The Morgan fingerprint density at radius 3 is 2.42 bits per heavy atom. The molecule has 1 aromatic rings. The molecule has 0 saturated carbocycles. The van der Waals surface area contributed by atoms with Crippen molar-refractivity contribution in [3.8, 4) is 0 Å². The normalized spacial score (nSPS) is 21.7. The highest BCUT2D eigenvalue weighted by atomic mass is 16.5. The van der Waals surface area contributed by atoms with Crippen LogP contribution < -0.4 is 0 Å². The highest BCUT2D eigenvalue weighted by Gasteiger charge is 2.27. The summed E-state index contributed by atoms with van der Waals surface area (Å²) in [6.07, 6.45) is 7.69. The fourth-order valence-electron chi connectivity index (χ4n) is 2.80. The number of rotatable bonds is 1. The molecule has 0 bridgehead atoms. The highest BCUT2D eigenvalue weighted by Crippen LogP contribution is 2.22. The van der Waals surface area contributed by atoms with Crippen LogP contribution in [-0.2, 0) is 4.74 Å². The third-order valence-corrected chi connectivity index (χ3v) is 3.96. The first-order valence-electron chi connectivity index (χ1n) is 6.93. The van der Waals surface area contributed by atoms with Gasteiger partial charge in [-0.25, -0.2) is 9.78 Å². The van der Waals surface area contributed by atoms with Crippen LogP contribution in [0.5, 0.6) is 0 Å². The SMILES string of the molecule is O=C(N1CCOCC1)N1CCC(n2ccnc2)CC1. The third-order valence-electron chi connectivity index (χ3n) is 3.96. The molecule has 2 fully saturated rings. The van der Waals surface area contributed by atoms with Gasteiger partial charge in [-0.15, -0.1) is 0 Å². The largest absolute Gasteiger partial charge is 0.378 e. The Bertz CT molecular complexity index is 406. The maximum atomic E-state index is 12.3. The molecule has 0 spiro atoms. The van der Waals surface area contributed by atoms with Crippen molar-refractivity contribution < 1.29 is 9.53 Å². The lowest BCUT2D eigenvalue weighted by molar-refractivity contribution is 0.0403. The van der Waals surface area contributed by atoms with E-state index in [1.165, 1.54) is 0 Å². The van der Waals surface area contributed by atoms with Crippen LogP contribution in [0.15, 0.2) is 18.7 Å². The maximum absolute atomic E-state index is 12.3. The Balaban J connectivity index is 1.53. The van der Waals surface area contributed by atoms with Crippen molar-refractivity contribution in [1.29, 1.82) is 0 Å². The van der Waals surface area contributed by atoms with Crippen molar-refractivity contribution in [1.82, 2.24) is 19.4 Å². The first kappa shape index (κ1) is 12.5. The van der Waals surface area contributed by atoms with Crippen LogP contribution in [0.1, 0.15) is 18.9 Å². The van der Waals surface area contributed by atoms with Crippen LogP contribution in [0.3, 0.4) is 0 Å². The van der Waals surface area contributed by atoms with E-state index in [1.54, 1.807) is 0 Å². The van der Waals surface area contributed by atoms with Gasteiger partial charge in [0.15, 0.2) is 0 Å². The summed E-state index contributed by atoms with van der Waals surface area (Å²) in [7, 11) is 0. The van der Waals surface area contributed by atoms with E-state index in [2.05, 4.69) is 9.55 Å². The minimum atomic E-state index is 0.174. The summed E-state index contributed by atoms with van der Waals surface area (Å²) in [4.78, 5) is 20.3. The number of aromatic nitrogens is 2. The third kappa shape index (κ3) is 2.73. The quantitative estimate of drug-likeness (QED) is 0.759. The first-order valence-corrected chi connectivity index (χ1v) is 6.93. The monoisotopic (exact) mass is 264 g/mol. The standard InChI is InChI=1S/C13H20N4O2/c18-13(16-7-9-19-10-8-16)15-4-1-12(2-5-15)17-6-3-14-11-17/h3,6,11-12H,1-2,4-5,7-10H2. The Labute approximate surface area is 113 Å². The summed E-state index contributed by atoms with van der Waals surface area (Å²) in [5.41, 5.74) is 0. The van der Waals surface area contributed by atoms with E-state index in [4.69, 9.17) is 4.74 Å². The number of ether oxygens (including phenoxy) is 1. The molecule has 19 heavy (non-hydrogen) atoms. The zero-order valence-corrected chi connectivity index (χ0v) is 11.1. The van der Waals surface area contributed by atoms with Crippen LogP contribution in [0.25, 0.3) is 0 Å². The number of urea groups is 1.